The number of ether oxygens (including phenoxy) is 1. The second-order valence-corrected chi connectivity index (χ2v) is 7.59. The van der Waals surface area contributed by atoms with Crippen molar-refractivity contribution in [1.82, 2.24) is 19.7 Å². The van der Waals surface area contributed by atoms with Gasteiger partial charge in [0.05, 0.1) is 31.0 Å². The molecule has 2 aliphatic heterocycles. The third-order valence-electron chi connectivity index (χ3n) is 5.66. The summed E-state index contributed by atoms with van der Waals surface area (Å²) in [5.41, 5.74) is 2.42. The molecule has 0 aliphatic carbocycles. The zero-order valence-corrected chi connectivity index (χ0v) is 16.5. The molecule has 152 valence electrons. The maximum Gasteiger partial charge on any atom is 0.267 e. The van der Waals surface area contributed by atoms with Crippen molar-refractivity contribution in [2.45, 2.75) is 44.9 Å². The molecule has 29 heavy (non-hydrogen) atoms. The highest BCUT2D eigenvalue weighted by molar-refractivity contribution is 5.39. The maximum absolute atomic E-state index is 12.4. The number of nitrogens with zero attached hydrogens (tertiary/aromatic N) is 5. The average molecular weight is 394 g/mol. The first-order valence-electron chi connectivity index (χ1n) is 10.2. The summed E-state index contributed by atoms with van der Waals surface area (Å²) in [6.45, 7) is 4.38. The summed E-state index contributed by atoms with van der Waals surface area (Å²) in [4.78, 5) is 19.1. The fraction of sp³-hybridized carbons (Fsp3) is 0.524. The van der Waals surface area contributed by atoms with Crippen molar-refractivity contribution in [1.29, 1.82) is 5.26 Å². The Hall–Kier alpha value is -2.76. The van der Waals surface area contributed by atoms with E-state index in [2.05, 4.69) is 26.4 Å². The van der Waals surface area contributed by atoms with Gasteiger partial charge in [-0.05, 0) is 31.5 Å². The van der Waals surface area contributed by atoms with Gasteiger partial charge in [0.25, 0.3) is 5.56 Å². The number of hydrogen-bond donors (Lipinski definition) is 1. The van der Waals surface area contributed by atoms with Crippen molar-refractivity contribution in [3.05, 3.63) is 51.6 Å². The van der Waals surface area contributed by atoms with Crippen LogP contribution in [-0.4, -0.2) is 51.9 Å². The van der Waals surface area contributed by atoms with Crippen LogP contribution in [0.1, 0.15) is 36.1 Å². The van der Waals surface area contributed by atoms with E-state index in [1.54, 1.807) is 23.0 Å². The monoisotopic (exact) mass is 394 g/mol. The quantitative estimate of drug-likeness (QED) is 0.794. The minimum atomic E-state index is -0.0530. The van der Waals surface area contributed by atoms with E-state index in [1.165, 1.54) is 12.8 Å². The maximum atomic E-state index is 12.4. The molecule has 2 aromatic rings. The molecule has 1 unspecified atom stereocenters. The fourth-order valence-corrected chi connectivity index (χ4v) is 4.01. The van der Waals surface area contributed by atoms with Crippen LogP contribution in [0.5, 0.6) is 0 Å². The number of anilines is 1. The zero-order chi connectivity index (χ0) is 20.1. The number of nitrogens with one attached hydrogen (secondary N) is 1. The lowest BCUT2D eigenvalue weighted by Gasteiger charge is -2.36. The molecule has 4 rings (SSSR count). The molecule has 0 aromatic carbocycles. The Labute approximate surface area is 170 Å². The van der Waals surface area contributed by atoms with Crippen LogP contribution in [0.2, 0.25) is 0 Å². The highest BCUT2D eigenvalue weighted by Gasteiger charge is 2.22. The Kier molecular flexibility index (Phi) is 6.17. The van der Waals surface area contributed by atoms with Crippen LogP contribution in [-0.2, 0) is 24.3 Å². The van der Waals surface area contributed by atoms with E-state index in [-0.39, 0.29) is 5.56 Å². The second kappa shape index (κ2) is 9.16. The number of nitriles is 1. The van der Waals surface area contributed by atoms with Crippen molar-refractivity contribution in [2.24, 2.45) is 0 Å². The Bertz CT molecular complexity index is 934. The Morgan fingerprint density at radius 1 is 1.31 bits per heavy atom. The van der Waals surface area contributed by atoms with Crippen molar-refractivity contribution in [3.63, 3.8) is 0 Å². The molecule has 1 saturated heterocycles. The van der Waals surface area contributed by atoms with Gasteiger partial charge in [0, 0.05) is 43.4 Å². The lowest BCUT2D eigenvalue weighted by atomic mass is 10.0. The topological polar surface area (TPSA) is 96.1 Å². The van der Waals surface area contributed by atoms with Crippen LogP contribution in [0.15, 0.2) is 29.2 Å². The van der Waals surface area contributed by atoms with Crippen molar-refractivity contribution in [2.75, 3.05) is 31.6 Å². The molecule has 0 saturated carbocycles. The number of likely N-dealkylation sites (tertiary alicyclic amines) is 1. The average Bonchev–Trinajstić information content (AvgIpc) is 2.77. The number of hydrogen-bond acceptors (Lipinski definition) is 7. The standard InChI is InChI=1S/C21H26N6O2/c22-12-16-4-5-20(23-13-16)24-14-18-3-1-2-7-26(18)8-9-27-21(28)11-17-15-29-10-6-19(17)25-27/h4-5,11,13,18H,1-3,6-10,14-15H2,(H,23,24). The van der Waals surface area contributed by atoms with Crippen LogP contribution in [0.3, 0.4) is 0 Å². The molecule has 0 bridgehead atoms. The number of piperidine rings is 1. The summed E-state index contributed by atoms with van der Waals surface area (Å²) in [5.74, 6) is 0.782. The minimum absolute atomic E-state index is 0.0530. The molecule has 1 atom stereocenters. The predicted molar refractivity (Wildman–Crippen MR) is 109 cm³/mol. The summed E-state index contributed by atoms with van der Waals surface area (Å²) < 4.78 is 7.01. The van der Waals surface area contributed by atoms with Gasteiger partial charge < -0.3 is 10.1 Å². The van der Waals surface area contributed by atoms with Crippen LogP contribution in [0.4, 0.5) is 5.82 Å². The van der Waals surface area contributed by atoms with Gasteiger partial charge in [0.2, 0.25) is 0 Å². The molecule has 2 aliphatic rings. The zero-order valence-electron chi connectivity index (χ0n) is 16.5. The lowest BCUT2D eigenvalue weighted by molar-refractivity contribution is 0.107. The van der Waals surface area contributed by atoms with Gasteiger partial charge in [-0.15, -0.1) is 0 Å². The summed E-state index contributed by atoms with van der Waals surface area (Å²) >= 11 is 0. The molecule has 0 amide bonds. The van der Waals surface area contributed by atoms with E-state index < -0.39 is 0 Å². The van der Waals surface area contributed by atoms with Gasteiger partial charge in [-0.1, -0.05) is 6.42 Å². The van der Waals surface area contributed by atoms with Gasteiger partial charge in [-0.3, -0.25) is 9.69 Å². The number of fused-ring (bicyclic) bond motifs is 1. The second-order valence-electron chi connectivity index (χ2n) is 7.59. The predicted octanol–water partition coefficient (Wildman–Crippen LogP) is 1.55. The Morgan fingerprint density at radius 3 is 3.07 bits per heavy atom. The van der Waals surface area contributed by atoms with Gasteiger partial charge in [-0.25, -0.2) is 9.67 Å². The van der Waals surface area contributed by atoms with Crippen molar-refractivity contribution >= 4 is 5.82 Å². The van der Waals surface area contributed by atoms with Gasteiger partial charge in [-0.2, -0.15) is 10.4 Å². The van der Waals surface area contributed by atoms with Gasteiger partial charge in [0.1, 0.15) is 11.9 Å². The highest BCUT2D eigenvalue weighted by atomic mass is 16.5. The summed E-state index contributed by atoms with van der Waals surface area (Å²) in [6.07, 6.45) is 5.85. The van der Waals surface area contributed by atoms with Gasteiger partial charge in [0.15, 0.2) is 0 Å². The summed E-state index contributed by atoms with van der Waals surface area (Å²) in [6, 6.07) is 7.76. The molecule has 1 fully saturated rings. The molecule has 4 heterocycles. The lowest BCUT2D eigenvalue weighted by Crippen LogP contribution is -2.45. The molecule has 0 radical (unpaired) electrons. The normalized spacial score (nSPS) is 19.3. The van der Waals surface area contributed by atoms with Crippen LogP contribution in [0.25, 0.3) is 0 Å². The van der Waals surface area contributed by atoms with E-state index in [9.17, 15) is 4.79 Å². The Morgan fingerprint density at radius 2 is 2.24 bits per heavy atom. The number of aromatic nitrogens is 3. The van der Waals surface area contributed by atoms with Crippen LogP contribution >= 0.6 is 0 Å². The van der Waals surface area contributed by atoms with E-state index in [4.69, 9.17) is 10.00 Å². The summed E-state index contributed by atoms with van der Waals surface area (Å²) in [7, 11) is 0. The molecule has 8 nitrogen and oxygen atoms in total. The van der Waals surface area contributed by atoms with E-state index in [1.807, 2.05) is 6.07 Å². The van der Waals surface area contributed by atoms with E-state index >= 15 is 0 Å². The highest BCUT2D eigenvalue weighted by Crippen LogP contribution is 2.18. The third kappa shape index (κ3) is 4.81. The third-order valence-corrected chi connectivity index (χ3v) is 5.66. The fourth-order valence-electron chi connectivity index (χ4n) is 4.01. The van der Waals surface area contributed by atoms with Gasteiger partial charge >= 0.3 is 0 Å². The molecular formula is C21H26N6O2. The number of pyridine rings is 1. The molecule has 8 heteroatoms. The van der Waals surface area contributed by atoms with E-state index in [0.29, 0.717) is 31.4 Å². The SMILES string of the molecule is N#Cc1ccc(NCC2CCCCN2CCn2nc3c(cc2=O)COCC3)nc1. The van der Waals surface area contributed by atoms with Crippen LogP contribution < -0.4 is 10.9 Å². The molecule has 1 N–H and O–H groups in total. The smallest absolute Gasteiger partial charge is 0.267 e. The first-order chi connectivity index (χ1) is 14.2. The van der Waals surface area contributed by atoms with Crippen molar-refractivity contribution < 1.29 is 4.74 Å². The number of rotatable bonds is 6. The van der Waals surface area contributed by atoms with Crippen molar-refractivity contribution in [3.8, 4) is 6.07 Å². The minimum Gasteiger partial charge on any atom is -0.376 e. The largest absolute Gasteiger partial charge is 0.376 e. The Balaban J connectivity index is 1.36. The summed E-state index contributed by atoms with van der Waals surface area (Å²) in [5, 5.41) is 16.8. The molecule has 0 spiro atoms. The molecular weight excluding hydrogens is 368 g/mol. The first-order valence-corrected chi connectivity index (χ1v) is 10.2. The molecule has 2 aromatic heterocycles. The van der Waals surface area contributed by atoms with E-state index in [0.717, 1.165) is 49.6 Å². The first kappa shape index (κ1) is 19.6. The van der Waals surface area contributed by atoms with Crippen LogP contribution in [0, 0.1) is 11.3 Å².